The van der Waals surface area contributed by atoms with E-state index in [0.29, 0.717) is 25.1 Å². The minimum atomic E-state index is -0.524. The molecule has 4 rings (SSSR count). The van der Waals surface area contributed by atoms with Gasteiger partial charge in [-0.2, -0.15) is 0 Å². The van der Waals surface area contributed by atoms with Gasteiger partial charge < -0.3 is 10.2 Å². The molecular weight excluding hydrogens is 372 g/mol. The fourth-order valence-corrected chi connectivity index (χ4v) is 3.98. The Balaban J connectivity index is 1.44. The average molecular weight is 399 g/mol. The average Bonchev–Trinajstić information content (AvgIpc) is 3.13. The van der Waals surface area contributed by atoms with E-state index >= 15 is 0 Å². The SMILES string of the molecule is O=C(NCCCc1ccccc1)C(Cc1ccccc1)N1Cc2ccccc2C1=O. The molecule has 1 aliphatic heterocycles. The van der Waals surface area contributed by atoms with Gasteiger partial charge in [-0.25, -0.2) is 0 Å². The smallest absolute Gasteiger partial charge is 0.255 e. The molecule has 1 unspecified atom stereocenters. The summed E-state index contributed by atoms with van der Waals surface area (Å²) in [7, 11) is 0. The van der Waals surface area contributed by atoms with Gasteiger partial charge in [0.15, 0.2) is 0 Å². The Hall–Kier alpha value is -3.40. The molecule has 1 aliphatic rings. The molecule has 0 aliphatic carbocycles. The Bertz CT molecular complexity index is 1000. The number of amides is 2. The molecule has 1 N–H and O–H groups in total. The fourth-order valence-electron chi connectivity index (χ4n) is 3.98. The van der Waals surface area contributed by atoms with E-state index in [1.165, 1.54) is 5.56 Å². The van der Waals surface area contributed by atoms with Crippen LogP contribution >= 0.6 is 0 Å². The number of rotatable bonds is 8. The lowest BCUT2D eigenvalue weighted by atomic mass is 10.0. The fraction of sp³-hybridized carbons (Fsp3) is 0.231. The topological polar surface area (TPSA) is 49.4 Å². The maximum atomic E-state index is 13.1. The van der Waals surface area contributed by atoms with Gasteiger partial charge >= 0.3 is 0 Å². The van der Waals surface area contributed by atoms with Gasteiger partial charge in [0.1, 0.15) is 6.04 Å². The highest BCUT2D eigenvalue weighted by atomic mass is 16.2. The zero-order chi connectivity index (χ0) is 20.8. The molecule has 3 aromatic rings. The van der Waals surface area contributed by atoms with Crippen LogP contribution in [0.5, 0.6) is 0 Å². The van der Waals surface area contributed by atoms with E-state index in [-0.39, 0.29) is 11.8 Å². The van der Waals surface area contributed by atoms with Gasteiger partial charge in [-0.1, -0.05) is 78.9 Å². The van der Waals surface area contributed by atoms with Crippen LogP contribution < -0.4 is 5.32 Å². The standard InChI is InChI=1S/C26H26N2O2/c29-25(27-17-9-14-20-10-3-1-4-11-20)24(18-21-12-5-2-6-13-21)28-19-22-15-7-8-16-23(22)26(28)30/h1-8,10-13,15-16,24H,9,14,17-19H2,(H,27,29). The molecule has 152 valence electrons. The van der Waals surface area contributed by atoms with Crippen LogP contribution in [0.2, 0.25) is 0 Å². The Kier molecular flexibility index (Phi) is 6.23. The van der Waals surface area contributed by atoms with Crippen LogP contribution in [-0.4, -0.2) is 29.3 Å². The summed E-state index contributed by atoms with van der Waals surface area (Å²) in [5, 5.41) is 3.06. The van der Waals surface area contributed by atoms with Crippen molar-refractivity contribution < 1.29 is 9.59 Å². The highest BCUT2D eigenvalue weighted by Crippen LogP contribution is 2.26. The summed E-state index contributed by atoms with van der Waals surface area (Å²) in [6.07, 6.45) is 2.28. The molecule has 3 aromatic carbocycles. The van der Waals surface area contributed by atoms with Crippen molar-refractivity contribution in [2.45, 2.75) is 31.8 Å². The Labute approximate surface area is 177 Å². The molecule has 0 radical (unpaired) electrons. The number of aryl methyl sites for hydroxylation is 1. The van der Waals surface area contributed by atoms with E-state index in [1.807, 2.05) is 72.8 Å². The van der Waals surface area contributed by atoms with Crippen molar-refractivity contribution in [2.24, 2.45) is 0 Å². The first-order valence-corrected chi connectivity index (χ1v) is 10.5. The molecule has 4 heteroatoms. The largest absolute Gasteiger partial charge is 0.354 e. The third-order valence-electron chi connectivity index (χ3n) is 5.58. The second kappa shape index (κ2) is 9.40. The van der Waals surface area contributed by atoms with Crippen molar-refractivity contribution in [1.29, 1.82) is 0 Å². The molecule has 0 fully saturated rings. The Morgan fingerprint density at radius 1 is 0.867 bits per heavy atom. The lowest BCUT2D eigenvalue weighted by Gasteiger charge is -2.27. The van der Waals surface area contributed by atoms with Crippen LogP contribution in [0.3, 0.4) is 0 Å². The van der Waals surface area contributed by atoms with Crippen LogP contribution in [0.1, 0.15) is 33.5 Å². The van der Waals surface area contributed by atoms with Crippen molar-refractivity contribution in [2.75, 3.05) is 6.54 Å². The molecule has 0 aromatic heterocycles. The molecule has 0 saturated heterocycles. The van der Waals surface area contributed by atoms with Crippen LogP contribution in [0.25, 0.3) is 0 Å². The molecular formula is C26H26N2O2. The van der Waals surface area contributed by atoms with Crippen LogP contribution in [0.15, 0.2) is 84.9 Å². The van der Waals surface area contributed by atoms with E-state index in [9.17, 15) is 9.59 Å². The third-order valence-corrected chi connectivity index (χ3v) is 5.58. The highest BCUT2D eigenvalue weighted by Gasteiger charge is 2.36. The van der Waals surface area contributed by atoms with E-state index in [2.05, 4.69) is 17.4 Å². The zero-order valence-electron chi connectivity index (χ0n) is 17.0. The summed E-state index contributed by atoms with van der Waals surface area (Å²) >= 11 is 0. The molecule has 0 bridgehead atoms. The van der Waals surface area contributed by atoms with Crippen LogP contribution in [0, 0.1) is 0 Å². The van der Waals surface area contributed by atoms with Gasteiger partial charge in [-0.3, -0.25) is 9.59 Å². The van der Waals surface area contributed by atoms with Gasteiger partial charge in [-0.15, -0.1) is 0 Å². The maximum Gasteiger partial charge on any atom is 0.255 e. The van der Waals surface area contributed by atoms with Crippen molar-refractivity contribution in [3.63, 3.8) is 0 Å². The monoisotopic (exact) mass is 398 g/mol. The van der Waals surface area contributed by atoms with E-state index in [1.54, 1.807) is 4.90 Å². The van der Waals surface area contributed by atoms with Crippen molar-refractivity contribution in [3.05, 3.63) is 107 Å². The Morgan fingerprint density at radius 2 is 1.50 bits per heavy atom. The zero-order valence-corrected chi connectivity index (χ0v) is 17.0. The van der Waals surface area contributed by atoms with Crippen LogP contribution in [0.4, 0.5) is 0 Å². The number of carbonyl (C=O) groups excluding carboxylic acids is 2. The van der Waals surface area contributed by atoms with Crippen LogP contribution in [-0.2, 0) is 24.2 Å². The molecule has 30 heavy (non-hydrogen) atoms. The molecule has 1 atom stereocenters. The number of nitrogens with zero attached hydrogens (tertiary/aromatic N) is 1. The summed E-state index contributed by atoms with van der Waals surface area (Å²) in [6, 6.07) is 27.2. The Morgan fingerprint density at radius 3 is 2.20 bits per heavy atom. The number of nitrogens with one attached hydrogen (secondary N) is 1. The van der Waals surface area contributed by atoms with Crippen molar-refractivity contribution in [3.8, 4) is 0 Å². The van der Waals surface area contributed by atoms with Gasteiger partial charge in [-0.05, 0) is 35.6 Å². The van der Waals surface area contributed by atoms with Gasteiger partial charge in [0, 0.05) is 25.1 Å². The number of fused-ring (bicyclic) bond motifs is 1. The minimum absolute atomic E-state index is 0.0639. The van der Waals surface area contributed by atoms with E-state index in [0.717, 1.165) is 24.0 Å². The van der Waals surface area contributed by atoms with E-state index < -0.39 is 6.04 Å². The molecule has 4 nitrogen and oxygen atoms in total. The summed E-state index contributed by atoms with van der Waals surface area (Å²) < 4.78 is 0. The van der Waals surface area contributed by atoms with Gasteiger partial charge in [0.05, 0.1) is 0 Å². The summed E-state index contributed by atoms with van der Waals surface area (Å²) in [6.45, 7) is 1.07. The lowest BCUT2D eigenvalue weighted by molar-refractivity contribution is -0.125. The molecule has 1 heterocycles. The number of hydrogen-bond donors (Lipinski definition) is 1. The second-order valence-corrected chi connectivity index (χ2v) is 7.68. The predicted octanol–water partition coefficient (Wildman–Crippen LogP) is 4.00. The first-order chi connectivity index (χ1) is 14.7. The maximum absolute atomic E-state index is 13.1. The second-order valence-electron chi connectivity index (χ2n) is 7.68. The predicted molar refractivity (Wildman–Crippen MR) is 118 cm³/mol. The lowest BCUT2D eigenvalue weighted by Crippen LogP contribution is -2.48. The first kappa shape index (κ1) is 19.9. The van der Waals surface area contributed by atoms with Crippen molar-refractivity contribution >= 4 is 11.8 Å². The highest BCUT2D eigenvalue weighted by molar-refractivity contribution is 6.01. The summed E-state index contributed by atoms with van der Waals surface area (Å²) in [5.74, 6) is -0.154. The number of carbonyl (C=O) groups is 2. The molecule has 0 spiro atoms. The number of hydrogen-bond acceptors (Lipinski definition) is 2. The normalized spacial score (nSPS) is 13.7. The van der Waals surface area contributed by atoms with Gasteiger partial charge in [0.25, 0.3) is 5.91 Å². The first-order valence-electron chi connectivity index (χ1n) is 10.5. The van der Waals surface area contributed by atoms with Crippen molar-refractivity contribution in [1.82, 2.24) is 10.2 Å². The summed E-state index contributed by atoms with van der Waals surface area (Å²) in [4.78, 5) is 27.8. The molecule has 0 saturated carbocycles. The molecule has 2 amide bonds. The van der Waals surface area contributed by atoms with E-state index in [4.69, 9.17) is 0 Å². The number of benzene rings is 3. The third kappa shape index (κ3) is 4.60. The summed E-state index contributed by atoms with van der Waals surface area (Å²) in [5.41, 5.74) is 3.99. The van der Waals surface area contributed by atoms with Gasteiger partial charge in [0.2, 0.25) is 5.91 Å². The quantitative estimate of drug-likeness (QED) is 0.583. The minimum Gasteiger partial charge on any atom is -0.354 e.